The summed E-state index contributed by atoms with van der Waals surface area (Å²) in [5.41, 5.74) is -0.223. The van der Waals surface area contributed by atoms with E-state index in [4.69, 9.17) is 0 Å². The van der Waals surface area contributed by atoms with Gasteiger partial charge in [-0.15, -0.1) is 0 Å². The first-order valence-corrected chi connectivity index (χ1v) is 11.0. The van der Waals surface area contributed by atoms with Gasteiger partial charge in [-0.05, 0) is 36.4 Å². The minimum absolute atomic E-state index is 0. The molecule has 3 aromatic carbocycles. The Bertz CT molecular complexity index is 1050. The van der Waals surface area contributed by atoms with Crippen LogP contribution in [-0.2, 0) is 6.16 Å². The molecule has 1 aromatic heterocycles. The van der Waals surface area contributed by atoms with E-state index in [1.165, 1.54) is 22.0 Å². The summed E-state index contributed by atoms with van der Waals surface area (Å²) in [5.74, 6) is 0. The molecule has 0 spiro atoms. The molecule has 0 atom stereocenters. The van der Waals surface area contributed by atoms with Crippen LogP contribution in [0.25, 0.3) is 0 Å². The van der Waals surface area contributed by atoms with Crippen LogP contribution in [0, 0.1) is 0 Å². The maximum Gasteiger partial charge on any atom is 0.326 e. The van der Waals surface area contributed by atoms with E-state index in [-0.39, 0.29) is 18.0 Å². The van der Waals surface area contributed by atoms with E-state index in [2.05, 4.69) is 46.4 Å². The van der Waals surface area contributed by atoms with Crippen molar-refractivity contribution in [1.29, 1.82) is 0 Å². The third-order valence-corrected chi connectivity index (χ3v) is 9.17. The highest BCUT2D eigenvalue weighted by atomic mass is 35.5. The number of hydrogen-bond acceptors (Lipinski definition) is 2. The average molecular weight is 423 g/mol. The van der Waals surface area contributed by atoms with Gasteiger partial charge in [-0.1, -0.05) is 54.6 Å². The van der Waals surface area contributed by atoms with Crippen molar-refractivity contribution in [2.45, 2.75) is 6.16 Å². The molecule has 0 saturated heterocycles. The van der Waals surface area contributed by atoms with E-state index in [1.54, 1.807) is 0 Å². The normalized spacial score (nSPS) is 10.9. The summed E-state index contributed by atoms with van der Waals surface area (Å²) >= 11 is 0. The molecule has 146 valence electrons. The van der Waals surface area contributed by atoms with Gasteiger partial charge in [0.05, 0.1) is 5.69 Å². The van der Waals surface area contributed by atoms with Gasteiger partial charge in [0.15, 0.2) is 0 Å². The SMILES string of the molecule is O=c1cc(C[P+](c2ccccc2)(c2ccccc2)c2ccccc2)[nH]c(=O)[nH]1.[Cl-]. The van der Waals surface area contributed by atoms with Crippen LogP contribution in [0.15, 0.2) is 107 Å². The van der Waals surface area contributed by atoms with Gasteiger partial charge in [0.25, 0.3) is 5.56 Å². The van der Waals surface area contributed by atoms with E-state index in [0.29, 0.717) is 11.9 Å². The lowest BCUT2D eigenvalue weighted by molar-refractivity contribution is -0.00000577. The Morgan fingerprint density at radius 3 is 1.41 bits per heavy atom. The molecular formula is C23H20ClN2O2P. The van der Waals surface area contributed by atoms with Crippen molar-refractivity contribution in [3.05, 3.63) is 124 Å². The molecule has 4 nitrogen and oxygen atoms in total. The number of benzene rings is 3. The van der Waals surface area contributed by atoms with E-state index in [9.17, 15) is 9.59 Å². The lowest BCUT2D eigenvalue weighted by Crippen LogP contribution is -3.00. The van der Waals surface area contributed by atoms with E-state index >= 15 is 0 Å². The van der Waals surface area contributed by atoms with Gasteiger partial charge < -0.3 is 17.4 Å². The van der Waals surface area contributed by atoms with Crippen LogP contribution in [0.3, 0.4) is 0 Å². The molecule has 6 heteroatoms. The zero-order valence-corrected chi connectivity index (χ0v) is 17.2. The Kier molecular flexibility index (Phi) is 6.48. The first kappa shape index (κ1) is 20.8. The van der Waals surface area contributed by atoms with Crippen molar-refractivity contribution in [3.8, 4) is 0 Å². The number of aromatic amines is 2. The number of hydrogen-bond donors (Lipinski definition) is 2. The van der Waals surface area contributed by atoms with Crippen LogP contribution in [0.2, 0.25) is 0 Å². The van der Waals surface area contributed by atoms with Gasteiger partial charge >= 0.3 is 5.69 Å². The Hall–Kier alpha value is -2.94. The topological polar surface area (TPSA) is 65.7 Å². The fraction of sp³-hybridized carbons (Fsp3) is 0.0435. The molecule has 4 rings (SSSR count). The molecule has 29 heavy (non-hydrogen) atoms. The van der Waals surface area contributed by atoms with Crippen LogP contribution in [0.1, 0.15) is 5.69 Å². The molecule has 0 unspecified atom stereocenters. The standard InChI is InChI=1S/C23H19N2O2P.ClH/c26-22-16-18(24-23(27)25-22)17-28(19-10-4-1-5-11-19,20-12-6-2-7-13-20)21-14-8-3-9-15-21;/h1-16H,17H2,(H-,24,25,26,27);1H. The van der Waals surface area contributed by atoms with E-state index in [1.807, 2.05) is 54.6 Å². The molecule has 0 aliphatic carbocycles. The smallest absolute Gasteiger partial charge is 0.326 e. The van der Waals surface area contributed by atoms with Gasteiger partial charge in [-0.25, -0.2) is 4.79 Å². The minimum atomic E-state index is -2.14. The minimum Gasteiger partial charge on any atom is -1.00 e. The summed E-state index contributed by atoms with van der Waals surface area (Å²) in [6, 6.07) is 32.6. The maximum absolute atomic E-state index is 11.9. The van der Waals surface area contributed by atoms with Crippen molar-refractivity contribution in [1.82, 2.24) is 9.97 Å². The predicted molar refractivity (Wildman–Crippen MR) is 117 cm³/mol. The van der Waals surface area contributed by atoms with Crippen LogP contribution in [-0.4, -0.2) is 9.97 Å². The van der Waals surface area contributed by atoms with Crippen LogP contribution in [0.5, 0.6) is 0 Å². The summed E-state index contributed by atoms with van der Waals surface area (Å²) in [7, 11) is -2.14. The molecular weight excluding hydrogens is 403 g/mol. The van der Waals surface area contributed by atoms with Crippen molar-refractivity contribution in [2.75, 3.05) is 0 Å². The van der Waals surface area contributed by atoms with E-state index in [0.717, 1.165) is 0 Å². The van der Waals surface area contributed by atoms with Crippen LogP contribution >= 0.6 is 7.26 Å². The lowest BCUT2D eigenvalue weighted by atomic mass is 10.3. The highest BCUT2D eigenvalue weighted by molar-refractivity contribution is 7.95. The Labute approximate surface area is 175 Å². The average Bonchev–Trinajstić information content (AvgIpc) is 2.73. The number of rotatable bonds is 5. The molecule has 0 radical (unpaired) electrons. The summed E-state index contributed by atoms with van der Waals surface area (Å²) in [6.07, 6.45) is 0.560. The Morgan fingerprint density at radius 1 is 0.621 bits per heavy atom. The predicted octanol–water partition coefficient (Wildman–Crippen LogP) is -0.439. The molecule has 0 amide bonds. The van der Waals surface area contributed by atoms with Crippen molar-refractivity contribution in [2.24, 2.45) is 0 Å². The third-order valence-electron chi connectivity index (χ3n) is 4.81. The first-order chi connectivity index (χ1) is 13.7. The van der Waals surface area contributed by atoms with Gasteiger partial charge in [0.1, 0.15) is 29.3 Å². The summed E-state index contributed by atoms with van der Waals surface area (Å²) in [5, 5.41) is 3.61. The maximum atomic E-state index is 11.9. The highest BCUT2D eigenvalue weighted by Crippen LogP contribution is 2.57. The molecule has 0 aliphatic rings. The largest absolute Gasteiger partial charge is 1.00 e. The number of aromatic nitrogens is 2. The van der Waals surface area contributed by atoms with Gasteiger partial charge in [-0.3, -0.25) is 9.78 Å². The van der Waals surface area contributed by atoms with Crippen molar-refractivity contribution in [3.63, 3.8) is 0 Å². The second-order valence-corrected chi connectivity index (χ2v) is 10.1. The molecule has 0 saturated carbocycles. The molecule has 4 aromatic rings. The zero-order valence-electron chi connectivity index (χ0n) is 15.6. The molecule has 0 bridgehead atoms. The Morgan fingerprint density at radius 2 is 1.03 bits per heavy atom. The summed E-state index contributed by atoms with van der Waals surface area (Å²) < 4.78 is 0. The lowest BCUT2D eigenvalue weighted by Gasteiger charge is -2.27. The zero-order chi connectivity index (χ0) is 19.4. The molecule has 0 aliphatic heterocycles. The summed E-state index contributed by atoms with van der Waals surface area (Å²) in [4.78, 5) is 28.9. The van der Waals surface area contributed by atoms with Crippen molar-refractivity contribution >= 4 is 23.2 Å². The van der Waals surface area contributed by atoms with Crippen LogP contribution < -0.4 is 39.6 Å². The highest BCUT2D eigenvalue weighted by Gasteiger charge is 2.45. The monoisotopic (exact) mass is 422 g/mol. The van der Waals surface area contributed by atoms with Gasteiger partial charge in [0.2, 0.25) is 0 Å². The quantitative estimate of drug-likeness (QED) is 0.428. The fourth-order valence-electron chi connectivity index (χ4n) is 3.63. The number of nitrogens with one attached hydrogen (secondary N) is 2. The number of H-pyrrole nitrogens is 2. The molecule has 0 fully saturated rings. The van der Waals surface area contributed by atoms with Gasteiger partial charge in [0, 0.05) is 6.07 Å². The molecule has 2 N–H and O–H groups in total. The number of halogens is 1. The Balaban J connectivity index is 0.00000240. The second-order valence-electron chi connectivity index (χ2n) is 6.59. The first-order valence-electron chi connectivity index (χ1n) is 9.06. The second kappa shape index (κ2) is 9.04. The molecule has 1 heterocycles. The third kappa shape index (κ3) is 4.24. The summed E-state index contributed by atoms with van der Waals surface area (Å²) in [6.45, 7) is 0. The van der Waals surface area contributed by atoms with Crippen molar-refractivity contribution < 1.29 is 12.4 Å². The van der Waals surface area contributed by atoms with Gasteiger partial charge in [-0.2, -0.15) is 0 Å². The van der Waals surface area contributed by atoms with Crippen LogP contribution in [0.4, 0.5) is 0 Å². The fourth-order valence-corrected chi connectivity index (χ4v) is 7.80. The van der Waals surface area contributed by atoms with E-state index < -0.39 is 13.0 Å².